The lowest BCUT2D eigenvalue weighted by Gasteiger charge is -1.90. The Labute approximate surface area is 69.8 Å². The molecule has 1 rings (SSSR count). The first-order valence-electron chi connectivity index (χ1n) is 3.40. The molecule has 0 atom stereocenters. The molecule has 0 spiro atoms. The summed E-state index contributed by atoms with van der Waals surface area (Å²) in [6.07, 6.45) is 1.59. The van der Waals surface area contributed by atoms with Crippen LogP contribution in [0, 0.1) is 11.8 Å². The van der Waals surface area contributed by atoms with Crippen molar-refractivity contribution in [2.45, 2.75) is 13.5 Å². The molecule has 0 unspecified atom stereocenters. The van der Waals surface area contributed by atoms with Gasteiger partial charge in [-0.25, -0.2) is 4.79 Å². The minimum atomic E-state index is -1.02. The van der Waals surface area contributed by atoms with E-state index in [1.165, 1.54) is 10.7 Å². The third kappa shape index (κ3) is 1.86. The maximum atomic E-state index is 10.4. The van der Waals surface area contributed by atoms with Gasteiger partial charge in [-0.2, -0.15) is 5.10 Å². The quantitative estimate of drug-likeness (QED) is 0.651. The summed E-state index contributed by atoms with van der Waals surface area (Å²) in [7, 11) is 0. The molecular weight excluding hydrogens is 156 g/mol. The fourth-order valence-electron chi connectivity index (χ4n) is 0.724. The van der Waals surface area contributed by atoms with Crippen LogP contribution < -0.4 is 0 Å². The predicted molar refractivity (Wildman–Crippen MR) is 42.6 cm³/mol. The van der Waals surface area contributed by atoms with Gasteiger partial charge in [0.2, 0.25) is 0 Å². The number of hydrogen-bond donors (Lipinski definition) is 1. The molecule has 0 fully saturated rings. The topological polar surface area (TPSA) is 55.1 Å². The molecule has 12 heavy (non-hydrogen) atoms. The van der Waals surface area contributed by atoms with Crippen molar-refractivity contribution < 1.29 is 9.90 Å². The number of rotatable bonds is 2. The number of aromatic nitrogens is 2. The lowest BCUT2D eigenvalue weighted by Crippen LogP contribution is -2.01. The van der Waals surface area contributed by atoms with Crippen molar-refractivity contribution in [1.29, 1.82) is 0 Å². The number of carboxylic acid groups (broad SMARTS) is 1. The maximum absolute atomic E-state index is 10.4. The van der Waals surface area contributed by atoms with Crippen LogP contribution >= 0.6 is 0 Å². The van der Waals surface area contributed by atoms with Crippen LogP contribution in [-0.2, 0) is 6.54 Å². The summed E-state index contributed by atoms with van der Waals surface area (Å²) in [4.78, 5) is 10.4. The van der Waals surface area contributed by atoms with E-state index in [0.29, 0.717) is 6.54 Å². The fourth-order valence-corrected chi connectivity index (χ4v) is 0.724. The highest BCUT2D eigenvalue weighted by Gasteiger charge is 2.04. The molecular formula is C8H8N2O2. The van der Waals surface area contributed by atoms with Gasteiger partial charge < -0.3 is 5.11 Å². The van der Waals surface area contributed by atoms with Crippen molar-refractivity contribution in [3.05, 3.63) is 18.0 Å². The largest absolute Gasteiger partial charge is 0.476 e. The van der Waals surface area contributed by atoms with E-state index in [-0.39, 0.29) is 5.69 Å². The zero-order valence-corrected chi connectivity index (χ0v) is 6.61. The van der Waals surface area contributed by atoms with Gasteiger partial charge in [0.05, 0.1) is 0 Å². The van der Waals surface area contributed by atoms with E-state index >= 15 is 0 Å². The first kappa shape index (κ1) is 8.34. The van der Waals surface area contributed by atoms with E-state index in [0.717, 1.165) is 0 Å². The van der Waals surface area contributed by atoms with Crippen LogP contribution in [0.2, 0.25) is 0 Å². The zero-order chi connectivity index (χ0) is 8.97. The second-order valence-corrected chi connectivity index (χ2v) is 2.13. The van der Waals surface area contributed by atoms with E-state index in [1.54, 1.807) is 13.1 Å². The van der Waals surface area contributed by atoms with Gasteiger partial charge >= 0.3 is 5.97 Å². The second-order valence-electron chi connectivity index (χ2n) is 2.13. The molecule has 1 aromatic rings. The van der Waals surface area contributed by atoms with Gasteiger partial charge in [0, 0.05) is 6.20 Å². The monoisotopic (exact) mass is 164 g/mol. The molecule has 0 aliphatic carbocycles. The van der Waals surface area contributed by atoms with Crippen molar-refractivity contribution in [3.63, 3.8) is 0 Å². The van der Waals surface area contributed by atoms with Crippen LogP contribution in [0.5, 0.6) is 0 Å². The maximum Gasteiger partial charge on any atom is 0.356 e. The van der Waals surface area contributed by atoms with E-state index < -0.39 is 5.97 Å². The third-order valence-electron chi connectivity index (χ3n) is 1.28. The summed E-state index contributed by atoms with van der Waals surface area (Å²) < 4.78 is 1.49. The van der Waals surface area contributed by atoms with Crippen LogP contribution in [0.25, 0.3) is 0 Å². The number of hydrogen-bond acceptors (Lipinski definition) is 2. The van der Waals surface area contributed by atoms with Crippen LogP contribution in [0.3, 0.4) is 0 Å². The van der Waals surface area contributed by atoms with E-state index in [4.69, 9.17) is 5.11 Å². The number of carboxylic acids is 1. The summed E-state index contributed by atoms with van der Waals surface area (Å²) in [5, 5.41) is 12.3. The predicted octanol–water partition coefficient (Wildman–Crippen LogP) is 0.605. The molecule has 0 saturated heterocycles. The average molecular weight is 164 g/mol. The molecule has 62 valence electrons. The lowest BCUT2D eigenvalue weighted by molar-refractivity contribution is 0.0689. The average Bonchev–Trinajstić information content (AvgIpc) is 2.48. The fraction of sp³-hybridized carbons (Fsp3) is 0.250. The third-order valence-corrected chi connectivity index (χ3v) is 1.28. The summed E-state index contributed by atoms with van der Waals surface area (Å²) in [6.45, 7) is 2.16. The SMILES string of the molecule is CC#CCn1ccc(C(=O)O)n1. The van der Waals surface area contributed by atoms with Crippen molar-refractivity contribution in [3.8, 4) is 11.8 Å². The van der Waals surface area contributed by atoms with Crippen molar-refractivity contribution in [2.75, 3.05) is 0 Å². The molecule has 4 nitrogen and oxygen atoms in total. The molecule has 0 aliphatic heterocycles. The Bertz CT molecular complexity index is 343. The Morgan fingerprint density at radius 3 is 3.08 bits per heavy atom. The van der Waals surface area contributed by atoms with Crippen LogP contribution in [-0.4, -0.2) is 20.9 Å². The number of nitrogens with zero attached hydrogens (tertiary/aromatic N) is 2. The summed E-state index contributed by atoms with van der Waals surface area (Å²) in [6, 6.07) is 1.44. The molecule has 1 N–H and O–H groups in total. The Balaban J connectivity index is 2.75. The van der Waals surface area contributed by atoms with Gasteiger partial charge in [-0.15, -0.1) is 5.92 Å². The van der Waals surface area contributed by atoms with Gasteiger partial charge in [0.15, 0.2) is 5.69 Å². The van der Waals surface area contributed by atoms with Crippen LogP contribution in [0.4, 0.5) is 0 Å². The van der Waals surface area contributed by atoms with Crippen molar-refractivity contribution >= 4 is 5.97 Å². The number of carbonyl (C=O) groups is 1. The van der Waals surface area contributed by atoms with Gasteiger partial charge in [0.25, 0.3) is 0 Å². The van der Waals surface area contributed by atoms with Crippen molar-refractivity contribution in [2.24, 2.45) is 0 Å². The first-order chi connectivity index (χ1) is 5.74. The van der Waals surface area contributed by atoms with Gasteiger partial charge in [-0.3, -0.25) is 4.68 Å². The first-order valence-corrected chi connectivity index (χ1v) is 3.40. The smallest absolute Gasteiger partial charge is 0.356 e. The Morgan fingerprint density at radius 2 is 2.58 bits per heavy atom. The summed E-state index contributed by atoms with van der Waals surface area (Å²) in [5.74, 6) is 4.46. The lowest BCUT2D eigenvalue weighted by atomic mass is 10.5. The van der Waals surface area contributed by atoms with Crippen LogP contribution in [0.15, 0.2) is 12.3 Å². The Morgan fingerprint density at radius 1 is 1.83 bits per heavy atom. The molecule has 0 aromatic carbocycles. The molecule has 0 amide bonds. The minimum absolute atomic E-state index is 0.0490. The van der Waals surface area contributed by atoms with Gasteiger partial charge in [-0.05, 0) is 13.0 Å². The highest BCUT2D eigenvalue weighted by Crippen LogP contribution is 1.94. The van der Waals surface area contributed by atoms with Crippen LogP contribution in [0.1, 0.15) is 17.4 Å². The Kier molecular flexibility index (Phi) is 2.49. The molecule has 0 bridgehead atoms. The normalized spacial score (nSPS) is 8.75. The highest BCUT2D eigenvalue weighted by molar-refractivity contribution is 5.84. The van der Waals surface area contributed by atoms with E-state index in [2.05, 4.69) is 16.9 Å². The Hall–Kier alpha value is -1.76. The highest BCUT2D eigenvalue weighted by atomic mass is 16.4. The molecule has 1 aromatic heterocycles. The number of aromatic carboxylic acids is 1. The summed E-state index contributed by atoms with van der Waals surface area (Å²) >= 11 is 0. The second kappa shape index (κ2) is 3.58. The molecule has 1 heterocycles. The molecule has 0 aliphatic rings. The standard InChI is InChI=1S/C8H8N2O2/c1-2-3-5-10-6-4-7(9-10)8(11)12/h4,6H,5H2,1H3,(H,11,12). The molecule has 0 radical (unpaired) electrons. The van der Waals surface area contributed by atoms with E-state index in [9.17, 15) is 4.79 Å². The zero-order valence-electron chi connectivity index (χ0n) is 6.61. The van der Waals surface area contributed by atoms with E-state index in [1.807, 2.05) is 0 Å². The molecule has 0 saturated carbocycles. The summed E-state index contributed by atoms with van der Waals surface area (Å²) in [5.41, 5.74) is 0.0490. The molecule has 4 heteroatoms. The minimum Gasteiger partial charge on any atom is -0.476 e. The van der Waals surface area contributed by atoms with Gasteiger partial charge in [-0.1, -0.05) is 5.92 Å². The van der Waals surface area contributed by atoms with Crippen molar-refractivity contribution in [1.82, 2.24) is 9.78 Å². The van der Waals surface area contributed by atoms with Gasteiger partial charge in [0.1, 0.15) is 6.54 Å².